The number of aromatic amines is 1. The lowest BCUT2D eigenvalue weighted by atomic mass is 10.1. The third kappa shape index (κ3) is 3.22. The van der Waals surface area contributed by atoms with E-state index < -0.39 is 0 Å². The number of fused-ring (bicyclic) bond motifs is 1. The lowest BCUT2D eigenvalue weighted by Gasteiger charge is -2.19. The highest BCUT2D eigenvalue weighted by atomic mass is 16.5. The second-order valence-electron chi connectivity index (χ2n) is 6.11. The van der Waals surface area contributed by atoms with Gasteiger partial charge in [0.2, 0.25) is 0 Å². The van der Waals surface area contributed by atoms with Crippen LogP contribution >= 0.6 is 0 Å². The molecule has 2 aromatic rings. The molecular formula is C17H22N4O2. The molecule has 0 amide bonds. The maximum atomic E-state index is 11.8. The molecule has 3 rings (SSSR count). The van der Waals surface area contributed by atoms with E-state index in [2.05, 4.69) is 26.1 Å². The first-order valence-corrected chi connectivity index (χ1v) is 7.74. The van der Waals surface area contributed by atoms with Crippen LogP contribution in [0.5, 0.6) is 5.75 Å². The Morgan fingerprint density at radius 2 is 2.17 bits per heavy atom. The Bertz CT molecular complexity index is 754. The molecule has 1 aromatic heterocycles. The smallest absolute Gasteiger partial charge is 0.269 e. The van der Waals surface area contributed by atoms with Crippen LogP contribution in [0.1, 0.15) is 16.7 Å². The van der Waals surface area contributed by atoms with Gasteiger partial charge in [-0.15, -0.1) is 0 Å². The Hall–Kier alpha value is -2.34. The first-order valence-electron chi connectivity index (χ1n) is 7.74. The van der Waals surface area contributed by atoms with Gasteiger partial charge in [-0.3, -0.25) is 4.79 Å². The topological polar surface area (TPSA) is 61.5 Å². The number of nitrogens with zero attached hydrogens (tertiary/aromatic N) is 3. The summed E-state index contributed by atoms with van der Waals surface area (Å²) in [5, 5.41) is 6.40. The number of hydrogen-bond donors (Lipinski definition) is 1. The molecule has 0 atom stereocenters. The van der Waals surface area contributed by atoms with Gasteiger partial charge < -0.3 is 14.5 Å². The van der Waals surface area contributed by atoms with E-state index in [-0.39, 0.29) is 5.56 Å². The molecule has 23 heavy (non-hydrogen) atoms. The minimum atomic E-state index is -0.138. The van der Waals surface area contributed by atoms with Crippen LogP contribution < -0.4 is 15.2 Å². The Labute approximate surface area is 135 Å². The van der Waals surface area contributed by atoms with Crippen LogP contribution in [0.25, 0.3) is 0 Å². The van der Waals surface area contributed by atoms with Gasteiger partial charge in [0.15, 0.2) is 0 Å². The number of H-pyrrole nitrogens is 1. The van der Waals surface area contributed by atoms with E-state index >= 15 is 0 Å². The van der Waals surface area contributed by atoms with E-state index in [4.69, 9.17) is 4.74 Å². The van der Waals surface area contributed by atoms with Crippen molar-refractivity contribution in [3.63, 3.8) is 0 Å². The maximum Gasteiger partial charge on any atom is 0.269 e. The maximum absolute atomic E-state index is 11.8. The van der Waals surface area contributed by atoms with Gasteiger partial charge in [0.05, 0.1) is 11.9 Å². The van der Waals surface area contributed by atoms with Crippen molar-refractivity contribution in [1.82, 2.24) is 15.1 Å². The van der Waals surface area contributed by atoms with Crippen LogP contribution in [0.2, 0.25) is 0 Å². The fourth-order valence-corrected chi connectivity index (χ4v) is 2.80. The summed E-state index contributed by atoms with van der Waals surface area (Å²) in [7, 11) is 4.06. The summed E-state index contributed by atoms with van der Waals surface area (Å²) in [5.41, 5.74) is 3.88. The van der Waals surface area contributed by atoms with Crippen molar-refractivity contribution in [1.29, 1.82) is 0 Å². The number of rotatable bonds is 5. The third-order valence-corrected chi connectivity index (χ3v) is 4.15. The average molecular weight is 314 g/mol. The van der Waals surface area contributed by atoms with Gasteiger partial charge >= 0.3 is 0 Å². The fourth-order valence-electron chi connectivity index (χ4n) is 2.80. The fraction of sp³-hybridized carbons (Fsp3) is 0.412. The molecule has 0 saturated heterocycles. The molecule has 0 aliphatic carbocycles. The Kier molecular flexibility index (Phi) is 4.34. The van der Waals surface area contributed by atoms with Crippen LogP contribution in [0.4, 0.5) is 5.69 Å². The van der Waals surface area contributed by atoms with Gasteiger partial charge in [-0.1, -0.05) is 12.1 Å². The molecule has 1 aromatic carbocycles. The van der Waals surface area contributed by atoms with E-state index in [1.54, 1.807) is 6.20 Å². The number of ether oxygens (including phenoxy) is 1. The third-order valence-electron chi connectivity index (χ3n) is 4.15. The van der Waals surface area contributed by atoms with Crippen molar-refractivity contribution in [2.24, 2.45) is 0 Å². The summed E-state index contributed by atoms with van der Waals surface area (Å²) >= 11 is 0. The van der Waals surface area contributed by atoms with E-state index in [1.165, 1.54) is 11.1 Å². The second kappa shape index (κ2) is 6.42. The van der Waals surface area contributed by atoms with E-state index in [9.17, 15) is 4.79 Å². The van der Waals surface area contributed by atoms with Crippen LogP contribution in [-0.4, -0.2) is 42.3 Å². The number of benzene rings is 1. The predicted molar refractivity (Wildman–Crippen MR) is 90.0 cm³/mol. The van der Waals surface area contributed by atoms with Gasteiger partial charge in [-0.2, -0.15) is 5.10 Å². The zero-order valence-electron chi connectivity index (χ0n) is 13.8. The summed E-state index contributed by atoms with van der Waals surface area (Å²) in [5.74, 6) is 0.933. The molecular weight excluding hydrogens is 292 g/mol. The molecule has 6 nitrogen and oxygen atoms in total. The number of hydrogen-bond acceptors (Lipinski definition) is 5. The molecule has 0 bridgehead atoms. The van der Waals surface area contributed by atoms with Crippen molar-refractivity contribution in [3.05, 3.63) is 51.4 Å². The van der Waals surface area contributed by atoms with E-state index in [0.29, 0.717) is 12.2 Å². The zero-order chi connectivity index (χ0) is 16.4. The molecule has 0 saturated carbocycles. The molecule has 1 N–H and O–H groups in total. The number of anilines is 1. The lowest BCUT2D eigenvalue weighted by Crippen LogP contribution is -2.22. The van der Waals surface area contributed by atoms with Crippen molar-refractivity contribution >= 4 is 5.69 Å². The number of aromatic nitrogens is 2. The predicted octanol–water partition coefficient (Wildman–Crippen LogP) is 1.54. The van der Waals surface area contributed by atoms with Gasteiger partial charge in [0.1, 0.15) is 12.4 Å². The van der Waals surface area contributed by atoms with E-state index in [0.717, 1.165) is 31.1 Å². The molecule has 0 unspecified atom stereocenters. The minimum absolute atomic E-state index is 0.138. The monoisotopic (exact) mass is 314 g/mol. The lowest BCUT2D eigenvalue weighted by molar-refractivity contribution is 0.259. The van der Waals surface area contributed by atoms with Crippen molar-refractivity contribution < 1.29 is 4.74 Å². The van der Waals surface area contributed by atoms with Crippen molar-refractivity contribution in [3.8, 4) is 5.75 Å². The van der Waals surface area contributed by atoms with Crippen molar-refractivity contribution in [2.45, 2.75) is 20.0 Å². The summed E-state index contributed by atoms with van der Waals surface area (Å²) in [6.45, 7) is 4.87. The van der Waals surface area contributed by atoms with Crippen LogP contribution in [0.3, 0.4) is 0 Å². The van der Waals surface area contributed by atoms with Crippen molar-refractivity contribution in [2.75, 3.05) is 32.1 Å². The summed E-state index contributed by atoms with van der Waals surface area (Å²) < 4.78 is 5.95. The molecule has 6 heteroatoms. The first kappa shape index (κ1) is 15.6. The zero-order valence-corrected chi connectivity index (χ0v) is 13.8. The van der Waals surface area contributed by atoms with Gasteiger partial charge in [-0.25, -0.2) is 5.10 Å². The highest BCUT2D eigenvalue weighted by Crippen LogP contribution is 2.34. The first-order chi connectivity index (χ1) is 11.1. The quantitative estimate of drug-likeness (QED) is 0.907. The second-order valence-corrected chi connectivity index (χ2v) is 6.11. The molecule has 0 fully saturated rings. The van der Waals surface area contributed by atoms with Gasteiger partial charge in [0, 0.05) is 30.8 Å². The molecule has 1 aliphatic heterocycles. The van der Waals surface area contributed by atoms with Gasteiger partial charge in [0.25, 0.3) is 5.56 Å². The Balaban J connectivity index is 1.81. The SMILES string of the molecule is Cc1c(N2Cc3cccc(OCCN(C)C)c3C2)cn[nH]c1=O. The Morgan fingerprint density at radius 1 is 1.35 bits per heavy atom. The molecule has 0 spiro atoms. The molecule has 0 radical (unpaired) electrons. The normalized spacial score (nSPS) is 13.5. The minimum Gasteiger partial charge on any atom is -0.492 e. The number of likely N-dealkylation sites (N-methyl/N-ethyl adjacent to an activating group) is 1. The largest absolute Gasteiger partial charge is 0.492 e. The molecule has 1 aliphatic rings. The summed E-state index contributed by atoms with van der Waals surface area (Å²) in [4.78, 5) is 16.0. The average Bonchev–Trinajstić information content (AvgIpc) is 2.94. The molecule has 2 heterocycles. The highest BCUT2D eigenvalue weighted by molar-refractivity contribution is 5.57. The van der Waals surface area contributed by atoms with Crippen LogP contribution in [-0.2, 0) is 13.1 Å². The highest BCUT2D eigenvalue weighted by Gasteiger charge is 2.24. The molecule has 122 valence electrons. The Morgan fingerprint density at radius 3 is 2.96 bits per heavy atom. The van der Waals surface area contributed by atoms with E-state index in [1.807, 2.05) is 33.2 Å². The van der Waals surface area contributed by atoms with Crippen LogP contribution in [0, 0.1) is 6.92 Å². The summed E-state index contributed by atoms with van der Waals surface area (Å²) in [6, 6.07) is 6.15. The van der Waals surface area contributed by atoms with Gasteiger partial charge in [-0.05, 0) is 32.6 Å². The summed E-state index contributed by atoms with van der Waals surface area (Å²) in [6.07, 6.45) is 1.72. The van der Waals surface area contributed by atoms with Crippen LogP contribution in [0.15, 0.2) is 29.2 Å². The number of nitrogens with one attached hydrogen (secondary N) is 1. The standard InChI is InChI=1S/C17H22N4O2/c1-12-15(9-18-19-17(12)22)21-10-13-5-4-6-16(14(13)11-21)23-8-7-20(2)3/h4-6,9H,7-8,10-11H2,1-3H3,(H,19,22).